The molecule has 6 heteroatoms. The van der Waals surface area contributed by atoms with E-state index in [1.165, 1.54) is 0 Å². The molecule has 2 atom stereocenters. The first-order valence-corrected chi connectivity index (χ1v) is 7.86. The molecule has 2 N–H and O–H groups in total. The van der Waals surface area contributed by atoms with Gasteiger partial charge in [0.15, 0.2) is 0 Å². The molecule has 1 aromatic carbocycles. The summed E-state index contributed by atoms with van der Waals surface area (Å²) in [6, 6.07) is 6.39. The van der Waals surface area contributed by atoms with Crippen molar-refractivity contribution in [1.29, 1.82) is 0 Å². The summed E-state index contributed by atoms with van der Waals surface area (Å²) in [5.74, 6) is -0.233. The van der Waals surface area contributed by atoms with Crippen LogP contribution in [0, 0.1) is 0 Å². The van der Waals surface area contributed by atoms with Gasteiger partial charge in [-0.15, -0.1) is 0 Å². The van der Waals surface area contributed by atoms with Gasteiger partial charge < -0.3 is 15.3 Å². The van der Waals surface area contributed by atoms with Crippen molar-refractivity contribution in [2.45, 2.75) is 38.3 Å². The van der Waals surface area contributed by atoms with Gasteiger partial charge in [0.05, 0.1) is 18.7 Å². The van der Waals surface area contributed by atoms with Crippen LogP contribution in [0.3, 0.4) is 0 Å². The van der Waals surface area contributed by atoms with Crippen LogP contribution in [0.2, 0.25) is 5.02 Å². The van der Waals surface area contributed by atoms with E-state index in [9.17, 15) is 14.7 Å². The summed E-state index contributed by atoms with van der Waals surface area (Å²) in [6.07, 6.45) is 1.51. The van der Waals surface area contributed by atoms with Gasteiger partial charge in [0, 0.05) is 18.0 Å². The number of aliphatic hydroxyl groups is 1. The number of rotatable bonds is 5. The maximum atomic E-state index is 12.0. The minimum atomic E-state index is -0.821. The van der Waals surface area contributed by atoms with E-state index in [4.69, 9.17) is 11.6 Å². The average molecular weight is 325 g/mol. The highest BCUT2D eigenvalue weighted by Crippen LogP contribution is 2.19. The van der Waals surface area contributed by atoms with Gasteiger partial charge in [-0.3, -0.25) is 9.59 Å². The molecule has 120 valence electrons. The van der Waals surface area contributed by atoms with E-state index < -0.39 is 12.1 Å². The smallest absolute Gasteiger partial charge is 0.239 e. The Morgan fingerprint density at radius 3 is 2.68 bits per heavy atom. The molecule has 1 heterocycles. The summed E-state index contributed by atoms with van der Waals surface area (Å²) in [6.45, 7) is 2.41. The Hall–Kier alpha value is -1.59. The van der Waals surface area contributed by atoms with Crippen LogP contribution >= 0.6 is 11.6 Å². The Labute approximate surface area is 135 Å². The van der Waals surface area contributed by atoms with Crippen molar-refractivity contribution in [3.05, 3.63) is 34.9 Å². The minimum absolute atomic E-state index is 0.0207. The second-order valence-electron chi connectivity index (χ2n) is 5.62. The highest BCUT2D eigenvalue weighted by Gasteiger charge is 2.23. The molecule has 22 heavy (non-hydrogen) atoms. The molecule has 1 fully saturated rings. The number of piperidine rings is 1. The lowest BCUT2D eigenvalue weighted by atomic mass is 10.0. The summed E-state index contributed by atoms with van der Waals surface area (Å²) < 4.78 is 0. The number of aliphatic hydroxyl groups excluding tert-OH is 1. The van der Waals surface area contributed by atoms with E-state index in [0.717, 1.165) is 12.8 Å². The van der Waals surface area contributed by atoms with Gasteiger partial charge in [0.1, 0.15) is 0 Å². The fourth-order valence-electron chi connectivity index (χ4n) is 2.53. The van der Waals surface area contributed by atoms with Gasteiger partial charge in [0.25, 0.3) is 0 Å². The number of amides is 2. The third kappa shape index (κ3) is 4.45. The molecule has 0 spiro atoms. The van der Waals surface area contributed by atoms with E-state index >= 15 is 0 Å². The maximum absolute atomic E-state index is 12.0. The number of likely N-dealkylation sites (tertiary alicyclic amines) is 1. The lowest BCUT2D eigenvalue weighted by Crippen LogP contribution is -2.46. The summed E-state index contributed by atoms with van der Waals surface area (Å²) in [5.41, 5.74) is 0.686. The molecule has 1 aliphatic rings. The Morgan fingerprint density at radius 1 is 1.36 bits per heavy atom. The largest absolute Gasteiger partial charge is 0.386 e. The summed E-state index contributed by atoms with van der Waals surface area (Å²) in [4.78, 5) is 25.3. The van der Waals surface area contributed by atoms with E-state index in [-0.39, 0.29) is 18.4 Å². The quantitative estimate of drug-likeness (QED) is 0.869. The van der Waals surface area contributed by atoms with Crippen molar-refractivity contribution >= 4 is 23.4 Å². The third-order valence-electron chi connectivity index (χ3n) is 3.83. The topological polar surface area (TPSA) is 69.6 Å². The Morgan fingerprint density at radius 2 is 2.05 bits per heavy atom. The van der Waals surface area contributed by atoms with Crippen molar-refractivity contribution in [3.63, 3.8) is 0 Å². The SMILES string of the molecule is CC(NC(=O)CN1CCCCC1=O)C(O)c1ccc(Cl)cc1. The monoisotopic (exact) mass is 324 g/mol. The van der Waals surface area contributed by atoms with Gasteiger partial charge in [-0.1, -0.05) is 23.7 Å². The van der Waals surface area contributed by atoms with Gasteiger partial charge in [0.2, 0.25) is 11.8 Å². The van der Waals surface area contributed by atoms with Gasteiger partial charge in [-0.05, 0) is 37.5 Å². The van der Waals surface area contributed by atoms with E-state index in [1.807, 2.05) is 0 Å². The van der Waals surface area contributed by atoms with Crippen LogP contribution in [-0.4, -0.2) is 41.0 Å². The fourth-order valence-corrected chi connectivity index (χ4v) is 2.66. The van der Waals surface area contributed by atoms with Crippen LogP contribution < -0.4 is 5.32 Å². The highest BCUT2D eigenvalue weighted by molar-refractivity contribution is 6.30. The second kappa shape index (κ2) is 7.61. The molecule has 2 amide bonds. The number of nitrogens with one attached hydrogen (secondary N) is 1. The van der Waals surface area contributed by atoms with Crippen LogP contribution in [0.1, 0.15) is 37.9 Å². The number of hydrogen-bond acceptors (Lipinski definition) is 3. The third-order valence-corrected chi connectivity index (χ3v) is 4.08. The van der Waals surface area contributed by atoms with E-state index in [2.05, 4.69) is 5.32 Å². The van der Waals surface area contributed by atoms with Crippen molar-refractivity contribution in [2.75, 3.05) is 13.1 Å². The number of halogens is 1. The first kappa shape index (κ1) is 16.8. The number of carbonyl (C=O) groups is 2. The summed E-state index contributed by atoms with van der Waals surface area (Å²) >= 11 is 5.81. The number of carbonyl (C=O) groups excluding carboxylic acids is 2. The summed E-state index contributed by atoms with van der Waals surface area (Å²) in [5, 5.41) is 13.6. The number of nitrogens with zero attached hydrogens (tertiary/aromatic N) is 1. The number of hydrogen-bond donors (Lipinski definition) is 2. The molecule has 0 aromatic heterocycles. The van der Waals surface area contributed by atoms with Crippen LogP contribution in [-0.2, 0) is 9.59 Å². The molecule has 0 aliphatic carbocycles. The van der Waals surface area contributed by atoms with Crippen LogP contribution in [0.5, 0.6) is 0 Å². The normalized spacial score (nSPS) is 18.0. The van der Waals surface area contributed by atoms with Crippen molar-refractivity contribution in [2.24, 2.45) is 0 Å². The van der Waals surface area contributed by atoms with Gasteiger partial charge in [-0.2, -0.15) is 0 Å². The molecular formula is C16H21ClN2O3. The Bertz CT molecular complexity index is 533. The molecule has 0 saturated carbocycles. The Kier molecular flexibility index (Phi) is 5.80. The maximum Gasteiger partial charge on any atom is 0.239 e. The standard InChI is InChI=1S/C16H21ClN2O3/c1-11(16(22)12-5-7-13(17)8-6-12)18-14(20)10-19-9-3-2-4-15(19)21/h5-8,11,16,22H,2-4,9-10H2,1H3,(H,18,20). The van der Waals surface area contributed by atoms with Crippen LogP contribution in [0.25, 0.3) is 0 Å². The molecular weight excluding hydrogens is 304 g/mol. The van der Waals surface area contributed by atoms with Crippen LogP contribution in [0.4, 0.5) is 0 Å². The first-order chi connectivity index (χ1) is 10.5. The molecule has 2 rings (SSSR count). The van der Waals surface area contributed by atoms with E-state index in [1.54, 1.807) is 36.1 Å². The fraction of sp³-hybridized carbons (Fsp3) is 0.500. The zero-order valence-electron chi connectivity index (χ0n) is 12.6. The number of benzene rings is 1. The summed E-state index contributed by atoms with van der Waals surface area (Å²) in [7, 11) is 0. The minimum Gasteiger partial charge on any atom is -0.386 e. The first-order valence-electron chi connectivity index (χ1n) is 7.48. The zero-order chi connectivity index (χ0) is 16.1. The average Bonchev–Trinajstić information content (AvgIpc) is 2.49. The molecule has 1 saturated heterocycles. The van der Waals surface area contributed by atoms with Crippen molar-refractivity contribution < 1.29 is 14.7 Å². The zero-order valence-corrected chi connectivity index (χ0v) is 13.3. The second-order valence-corrected chi connectivity index (χ2v) is 6.06. The molecule has 2 unspecified atom stereocenters. The van der Waals surface area contributed by atoms with E-state index in [0.29, 0.717) is 23.6 Å². The van der Waals surface area contributed by atoms with Crippen molar-refractivity contribution in [1.82, 2.24) is 10.2 Å². The molecule has 1 aromatic rings. The lowest BCUT2D eigenvalue weighted by Gasteiger charge is -2.27. The predicted octanol–water partition coefficient (Wildman–Crippen LogP) is 1.89. The predicted molar refractivity (Wildman–Crippen MR) is 84.4 cm³/mol. The molecule has 5 nitrogen and oxygen atoms in total. The molecule has 1 aliphatic heterocycles. The molecule has 0 bridgehead atoms. The van der Waals surface area contributed by atoms with Crippen molar-refractivity contribution in [3.8, 4) is 0 Å². The van der Waals surface area contributed by atoms with Gasteiger partial charge >= 0.3 is 0 Å². The Balaban J connectivity index is 1.87. The van der Waals surface area contributed by atoms with Crippen LogP contribution in [0.15, 0.2) is 24.3 Å². The van der Waals surface area contributed by atoms with Gasteiger partial charge in [-0.25, -0.2) is 0 Å². The lowest BCUT2D eigenvalue weighted by molar-refractivity contribution is -0.138. The highest BCUT2D eigenvalue weighted by atomic mass is 35.5. The molecule has 0 radical (unpaired) electrons.